The lowest BCUT2D eigenvalue weighted by atomic mass is 9.96. The molecule has 3 heterocycles. The highest BCUT2D eigenvalue weighted by Crippen LogP contribution is 2.42. The van der Waals surface area contributed by atoms with Crippen LogP contribution in [0.4, 0.5) is 5.69 Å². The molecule has 0 spiro atoms. The van der Waals surface area contributed by atoms with Gasteiger partial charge in [-0.2, -0.15) is 0 Å². The van der Waals surface area contributed by atoms with Crippen LogP contribution in [-0.4, -0.2) is 32.7 Å². The number of pyridine rings is 1. The second-order valence-corrected chi connectivity index (χ2v) is 10.5. The zero-order valence-corrected chi connectivity index (χ0v) is 23.6. The Balaban J connectivity index is 1.50. The van der Waals surface area contributed by atoms with Gasteiger partial charge in [0.15, 0.2) is 5.11 Å². The van der Waals surface area contributed by atoms with Gasteiger partial charge in [0, 0.05) is 36.4 Å². The van der Waals surface area contributed by atoms with Crippen molar-refractivity contribution in [3.8, 4) is 5.69 Å². The van der Waals surface area contributed by atoms with Crippen molar-refractivity contribution >= 4 is 23.0 Å². The number of nitrogens with zero attached hydrogens (tertiary/aromatic N) is 3. The molecule has 0 saturated carbocycles. The van der Waals surface area contributed by atoms with Crippen LogP contribution in [0.3, 0.4) is 0 Å². The average Bonchev–Trinajstić information content (AvgIpc) is 3.42. The first kappa shape index (κ1) is 26.0. The van der Waals surface area contributed by atoms with E-state index in [-0.39, 0.29) is 12.1 Å². The van der Waals surface area contributed by atoms with Crippen molar-refractivity contribution in [2.24, 2.45) is 0 Å². The minimum absolute atomic E-state index is 0.0118. The number of thiocarbonyl (C=S) groups is 1. The van der Waals surface area contributed by atoms with Gasteiger partial charge in [0.05, 0.1) is 23.5 Å². The van der Waals surface area contributed by atoms with Crippen molar-refractivity contribution in [3.63, 3.8) is 0 Å². The van der Waals surface area contributed by atoms with Gasteiger partial charge in [-0.05, 0) is 92.9 Å². The molecule has 1 fully saturated rings. The highest BCUT2D eigenvalue weighted by Gasteiger charge is 2.41. The molecule has 1 aliphatic rings. The molecule has 5 rings (SSSR count). The molecule has 1 saturated heterocycles. The third kappa shape index (κ3) is 5.05. The van der Waals surface area contributed by atoms with E-state index in [1.165, 1.54) is 33.8 Å². The van der Waals surface area contributed by atoms with Gasteiger partial charge in [-0.1, -0.05) is 49.4 Å². The maximum absolute atomic E-state index is 5.93. The number of hydrogen-bond acceptors (Lipinski definition) is 3. The average molecular weight is 524 g/mol. The summed E-state index contributed by atoms with van der Waals surface area (Å²) in [5, 5.41) is 7.95. The predicted octanol–water partition coefficient (Wildman–Crippen LogP) is 6.83. The van der Waals surface area contributed by atoms with Crippen LogP contribution in [0.25, 0.3) is 5.69 Å². The Morgan fingerprint density at radius 2 is 1.76 bits per heavy atom. The molecule has 6 heteroatoms. The lowest BCUT2D eigenvalue weighted by molar-refractivity contribution is 0.315. The number of anilines is 1. The van der Waals surface area contributed by atoms with Crippen LogP contribution >= 0.6 is 12.2 Å². The summed E-state index contributed by atoms with van der Waals surface area (Å²) in [5.74, 6) is 0. The van der Waals surface area contributed by atoms with Crippen LogP contribution < -0.4 is 10.6 Å². The Hall–Kier alpha value is -3.64. The fourth-order valence-electron chi connectivity index (χ4n) is 5.78. The number of nitrogens with one attached hydrogen (secondary N) is 2. The molecule has 0 bridgehead atoms. The quantitative estimate of drug-likeness (QED) is 0.186. The molecule has 38 heavy (non-hydrogen) atoms. The maximum Gasteiger partial charge on any atom is 0.170 e. The summed E-state index contributed by atoms with van der Waals surface area (Å²) >= 11 is 5.93. The first-order valence-corrected chi connectivity index (χ1v) is 13.9. The third-order valence-corrected chi connectivity index (χ3v) is 7.94. The Morgan fingerprint density at radius 1 is 0.974 bits per heavy atom. The lowest BCUT2D eigenvalue weighted by Gasteiger charge is -2.28. The molecule has 4 aromatic rings. The summed E-state index contributed by atoms with van der Waals surface area (Å²) in [6.45, 7) is 10.6. The fraction of sp³-hybridized carbons (Fsp3) is 0.312. The first-order valence-electron chi connectivity index (χ1n) is 13.5. The van der Waals surface area contributed by atoms with Gasteiger partial charge in [-0.3, -0.25) is 4.98 Å². The molecule has 2 aromatic heterocycles. The molecule has 0 amide bonds. The highest BCUT2D eigenvalue weighted by atomic mass is 32.1. The van der Waals surface area contributed by atoms with Crippen molar-refractivity contribution in [1.82, 2.24) is 19.8 Å². The van der Waals surface area contributed by atoms with E-state index in [1.54, 1.807) is 0 Å². The Labute approximate surface area is 231 Å². The van der Waals surface area contributed by atoms with Gasteiger partial charge in [-0.15, -0.1) is 0 Å². The second-order valence-electron chi connectivity index (χ2n) is 10.1. The summed E-state index contributed by atoms with van der Waals surface area (Å²) in [7, 11) is 0. The molecule has 196 valence electrons. The Morgan fingerprint density at radius 3 is 2.50 bits per heavy atom. The van der Waals surface area contributed by atoms with Crippen molar-refractivity contribution in [1.29, 1.82) is 0 Å². The Bertz CT molecular complexity index is 1400. The van der Waals surface area contributed by atoms with Gasteiger partial charge in [0.1, 0.15) is 0 Å². The van der Waals surface area contributed by atoms with Crippen molar-refractivity contribution in [2.75, 3.05) is 18.4 Å². The first-order chi connectivity index (χ1) is 18.5. The van der Waals surface area contributed by atoms with Crippen molar-refractivity contribution < 1.29 is 0 Å². The number of rotatable bonds is 9. The standard InChI is InChI=1S/C32H37N5S/c1-5-25-14-11-13-22(2)30(25)37-23(3)21-27(24(37)4)31-29(28-17-9-10-18-34-28)35-32(38)36(31)20-12-19-33-26-15-7-6-8-16-26/h6-11,13-18,21,29,31,33H,5,12,19-20H2,1-4H3,(H,35,38)/t29-,31+/m0/s1. The highest BCUT2D eigenvalue weighted by molar-refractivity contribution is 7.80. The van der Waals surface area contributed by atoms with E-state index in [4.69, 9.17) is 17.2 Å². The van der Waals surface area contributed by atoms with Crippen LogP contribution in [0.5, 0.6) is 0 Å². The van der Waals surface area contributed by atoms with Crippen LogP contribution in [0, 0.1) is 20.8 Å². The minimum atomic E-state index is -0.0118. The second kappa shape index (κ2) is 11.4. The molecule has 2 aromatic carbocycles. The van der Waals surface area contributed by atoms with Crippen molar-refractivity contribution in [3.05, 3.63) is 113 Å². The van der Waals surface area contributed by atoms with Gasteiger partial charge in [0.2, 0.25) is 0 Å². The number of aromatic nitrogens is 2. The minimum Gasteiger partial charge on any atom is -0.385 e. The summed E-state index contributed by atoms with van der Waals surface area (Å²) < 4.78 is 2.44. The van der Waals surface area contributed by atoms with Crippen LogP contribution in [-0.2, 0) is 6.42 Å². The smallest absolute Gasteiger partial charge is 0.170 e. The van der Waals surface area contributed by atoms with E-state index in [1.807, 2.05) is 18.3 Å². The van der Waals surface area contributed by atoms with E-state index in [0.717, 1.165) is 42.4 Å². The lowest BCUT2D eigenvalue weighted by Crippen LogP contribution is -2.31. The van der Waals surface area contributed by atoms with E-state index in [9.17, 15) is 0 Å². The molecule has 0 radical (unpaired) electrons. The summed E-state index contributed by atoms with van der Waals surface area (Å²) in [6.07, 6.45) is 3.84. The topological polar surface area (TPSA) is 45.1 Å². The summed E-state index contributed by atoms with van der Waals surface area (Å²) in [5.41, 5.74) is 9.92. The number of benzene rings is 2. The zero-order valence-electron chi connectivity index (χ0n) is 22.7. The maximum atomic E-state index is 5.93. The molecule has 2 N–H and O–H groups in total. The van der Waals surface area contributed by atoms with Crippen LogP contribution in [0.15, 0.2) is 79.0 Å². The SMILES string of the molecule is CCc1cccc(C)c1-n1c(C)cc([C@@H]2[C@H](c3ccccn3)NC(=S)N2CCCNc2ccccc2)c1C. The van der Waals surface area contributed by atoms with E-state index >= 15 is 0 Å². The van der Waals surface area contributed by atoms with E-state index in [2.05, 4.69) is 108 Å². The van der Waals surface area contributed by atoms with E-state index < -0.39 is 0 Å². The normalized spacial score (nSPS) is 17.1. The molecule has 0 aliphatic carbocycles. The Kier molecular flexibility index (Phi) is 7.79. The molecule has 2 atom stereocenters. The zero-order chi connectivity index (χ0) is 26.6. The summed E-state index contributed by atoms with van der Waals surface area (Å²) in [4.78, 5) is 7.10. The fourth-order valence-corrected chi connectivity index (χ4v) is 6.11. The molecule has 1 aliphatic heterocycles. The monoisotopic (exact) mass is 523 g/mol. The van der Waals surface area contributed by atoms with E-state index in [0.29, 0.717) is 0 Å². The van der Waals surface area contributed by atoms with Gasteiger partial charge in [0.25, 0.3) is 0 Å². The number of para-hydroxylation sites is 2. The van der Waals surface area contributed by atoms with Gasteiger partial charge >= 0.3 is 0 Å². The number of aryl methyl sites for hydroxylation is 3. The van der Waals surface area contributed by atoms with Gasteiger partial charge in [-0.25, -0.2) is 0 Å². The molecular formula is C32H37N5S. The molecular weight excluding hydrogens is 486 g/mol. The molecule has 5 nitrogen and oxygen atoms in total. The predicted molar refractivity (Wildman–Crippen MR) is 161 cm³/mol. The molecule has 0 unspecified atom stereocenters. The largest absolute Gasteiger partial charge is 0.385 e. The number of hydrogen-bond donors (Lipinski definition) is 2. The third-order valence-electron chi connectivity index (χ3n) is 7.59. The van der Waals surface area contributed by atoms with Gasteiger partial charge < -0.3 is 20.1 Å². The van der Waals surface area contributed by atoms with Crippen LogP contribution in [0.2, 0.25) is 0 Å². The summed E-state index contributed by atoms with van der Waals surface area (Å²) in [6, 6.07) is 25.5. The van der Waals surface area contributed by atoms with Crippen LogP contribution in [0.1, 0.15) is 59.2 Å². The van der Waals surface area contributed by atoms with Crippen molar-refractivity contribution in [2.45, 2.75) is 52.6 Å².